The van der Waals surface area contributed by atoms with Crippen LogP contribution in [0.25, 0.3) is 0 Å². The van der Waals surface area contributed by atoms with Crippen molar-refractivity contribution >= 4 is 8.32 Å². The molecule has 9 heavy (non-hydrogen) atoms. The third kappa shape index (κ3) is 1.34. The largest absolute Gasteiger partial charge is 0.418 e. The lowest BCUT2D eigenvalue weighted by atomic mass is 10.4. The Hall–Kier alpha value is 0.137. The van der Waals surface area contributed by atoms with Gasteiger partial charge in [-0.05, 0) is 19.5 Å². The van der Waals surface area contributed by atoms with Crippen molar-refractivity contribution in [2.75, 3.05) is 13.7 Å². The van der Waals surface area contributed by atoms with Crippen LogP contribution in [0.15, 0.2) is 0 Å². The van der Waals surface area contributed by atoms with E-state index in [0.29, 0.717) is 5.73 Å². The molecule has 0 bridgehead atoms. The van der Waals surface area contributed by atoms with Crippen LogP contribution in [-0.2, 0) is 9.16 Å². The summed E-state index contributed by atoms with van der Waals surface area (Å²) in [6.45, 7) is 5.32. The first kappa shape index (κ1) is 7.25. The molecule has 0 N–H and O–H groups in total. The predicted molar refractivity (Wildman–Crippen MR) is 38.8 cm³/mol. The third-order valence-corrected chi connectivity index (χ3v) is 5.06. The number of rotatable bonds is 2. The van der Waals surface area contributed by atoms with Crippen LogP contribution in [0, 0.1) is 0 Å². The van der Waals surface area contributed by atoms with Crippen molar-refractivity contribution in [3.05, 3.63) is 0 Å². The zero-order valence-electron chi connectivity index (χ0n) is 6.31. The molecule has 0 radical (unpaired) electrons. The van der Waals surface area contributed by atoms with E-state index in [1.165, 1.54) is 6.42 Å². The first-order chi connectivity index (χ1) is 4.17. The first-order valence-corrected chi connectivity index (χ1v) is 6.32. The van der Waals surface area contributed by atoms with Crippen LogP contribution in [0.1, 0.15) is 6.42 Å². The highest BCUT2D eigenvalue weighted by Crippen LogP contribution is 2.22. The van der Waals surface area contributed by atoms with E-state index in [2.05, 4.69) is 13.1 Å². The van der Waals surface area contributed by atoms with Crippen molar-refractivity contribution in [2.24, 2.45) is 0 Å². The Kier molecular flexibility index (Phi) is 1.93. The van der Waals surface area contributed by atoms with Crippen molar-refractivity contribution in [1.29, 1.82) is 0 Å². The first-order valence-electron chi connectivity index (χ1n) is 3.33. The SMILES string of the molecule is CO[Si](C)(C)C1CCO1. The standard InChI is InChI=1S/C6H14O2Si/c1-7-9(2,3)6-4-5-8-6/h6H,4-5H2,1-3H3. The lowest BCUT2D eigenvalue weighted by molar-refractivity contribution is -0.0140. The molecule has 1 saturated heterocycles. The van der Waals surface area contributed by atoms with Crippen LogP contribution in [0.5, 0.6) is 0 Å². The van der Waals surface area contributed by atoms with Gasteiger partial charge < -0.3 is 9.16 Å². The van der Waals surface area contributed by atoms with E-state index in [0.717, 1.165) is 6.61 Å². The van der Waals surface area contributed by atoms with Gasteiger partial charge in [-0.15, -0.1) is 0 Å². The van der Waals surface area contributed by atoms with Gasteiger partial charge >= 0.3 is 0 Å². The van der Waals surface area contributed by atoms with Gasteiger partial charge in [-0.25, -0.2) is 0 Å². The highest BCUT2D eigenvalue weighted by atomic mass is 28.4. The van der Waals surface area contributed by atoms with Crippen LogP contribution in [0.4, 0.5) is 0 Å². The zero-order chi connectivity index (χ0) is 6.91. The van der Waals surface area contributed by atoms with Crippen molar-refractivity contribution < 1.29 is 9.16 Å². The lowest BCUT2D eigenvalue weighted by Crippen LogP contribution is -2.51. The van der Waals surface area contributed by atoms with Crippen molar-refractivity contribution in [1.82, 2.24) is 0 Å². The van der Waals surface area contributed by atoms with Crippen LogP contribution >= 0.6 is 0 Å². The molecule has 0 aromatic rings. The average Bonchev–Trinajstić information content (AvgIpc) is 1.60. The topological polar surface area (TPSA) is 18.5 Å². The predicted octanol–water partition coefficient (Wildman–Crippen LogP) is 1.17. The molecular weight excluding hydrogens is 132 g/mol. The molecule has 1 aliphatic heterocycles. The summed E-state index contributed by atoms with van der Waals surface area (Å²) in [7, 11) is 0.370. The van der Waals surface area contributed by atoms with Crippen molar-refractivity contribution in [3.8, 4) is 0 Å². The Morgan fingerprint density at radius 2 is 2.11 bits per heavy atom. The second kappa shape index (κ2) is 2.40. The summed E-state index contributed by atoms with van der Waals surface area (Å²) >= 11 is 0. The molecule has 1 aliphatic rings. The monoisotopic (exact) mass is 146 g/mol. The molecule has 3 heteroatoms. The van der Waals surface area contributed by atoms with Gasteiger partial charge in [0, 0.05) is 13.7 Å². The molecule has 0 amide bonds. The van der Waals surface area contributed by atoms with E-state index in [9.17, 15) is 0 Å². The van der Waals surface area contributed by atoms with Crippen LogP contribution in [0.3, 0.4) is 0 Å². The van der Waals surface area contributed by atoms with Gasteiger partial charge in [-0.1, -0.05) is 0 Å². The molecule has 1 heterocycles. The Balaban J connectivity index is 2.37. The molecule has 2 nitrogen and oxygen atoms in total. The van der Waals surface area contributed by atoms with E-state index in [1.807, 2.05) is 0 Å². The third-order valence-electron chi connectivity index (χ3n) is 2.00. The van der Waals surface area contributed by atoms with E-state index >= 15 is 0 Å². The average molecular weight is 146 g/mol. The Morgan fingerprint density at radius 1 is 1.56 bits per heavy atom. The number of ether oxygens (including phenoxy) is 1. The van der Waals surface area contributed by atoms with Gasteiger partial charge in [0.1, 0.15) is 0 Å². The fourth-order valence-corrected chi connectivity index (χ4v) is 2.51. The molecule has 1 fully saturated rings. The highest BCUT2D eigenvalue weighted by molar-refractivity contribution is 6.72. The minimum atomic E-state index is -1.42. The van der Waals surface area contributed by atoms with E-state index < -0.39 is 8.32 Å². The molecule has 0 aromatic heterocycles. The summed E-state index contributed by atoms with van der Waals surface area (Å²) in [4.78, 5) is 0. The van der Waals surface area contributed by atoms with Gasteiger partial charge in [0.05, 0.1) is 5.73 Å². The van der Waals surface area contributed by atoms with Gasteiger partial charge in [-0.3, -0.25) is 0 Å². The van der Waals surface area contributed by atoms with Crippen LogP contribution in [0.2, 0.25) is 13.1 Å². The van der Waals surface area contributed by atoms with Gasteiger partial charge in [-0.2, -0.15) is 0 Å². The van der Waals surface area contributed by atoms with Crippen molar-refractivity contribution in [2.45, 2.75) is 25.2 Å². The zero-order valence-corrected chi connectivity index (χ0v) is 7.31. The summed E-state index contributed by atoms with van der Waals surface area (Å²) in [6.07, 6.45) is 1.20. The number of hydrogen-bond donors (Lipinski definition) is 0. The second-order valence-corrected chi connectivity index (χ2v) is 7.21. The molecule has 0 spiro atoms. The van der Waals surface area contributed by atoms with Gasteiger partial charge in [0.2, 0.25) is 8.32 Å². The summed E-state index contributed by atoms with van der Waals surface area (Å²) in [5, 5.41) is 0. The second-order valence-electron chi connectivity index (χ2n) is 2.96. The van der Waals surface area contributed by atoms with Crippen LogP contribution < -0.4 is 0 Å². The van der Waals surface area contributed by atoms with Gasteiger partial charge in [0.15, 0.2) is 0 Å². The fourth-order valence-electron chi connectivity index (χ4n) is 0.915. The normalized spacial score (nSPS) is 27.7. The molecule has 0 aromatic carbocycles. The summed E-state index contributed by atoms with van der Waals surface area (Å²) in [5.74, 6) is 0. The smallest absolute Gasteiger partial charge is 0.214 e. The maximum atomic E-state index is 5.36. The maximum absolute atomic E-state index is 5.36. The summed E-state index contributed by atoms with van der Waals surface area (Å²) in [5.41, 5.74) is 0.461. The number of hydrogen-bond acceptors (Lipinski definition) is 2. The summed E-state index contributed by atoms with van der Waals surface area (Å²) < 4.78 is 10.7. The van der Waals surface area contributed by atoms with Crippen LogP contribution in [-0.4, -0.2) is 27.8 Å². The molecule has 0 aliphatic carbocycles. The minimum absolute atomic E-state index is 0.461. The quantitative estimate of drug-likeness (QED) is 0.544. The molecular formula is C6H14O2Si. The molecule has 1 rings (SSSR count). The van der Waals surface area contributed by atoms with E-state index in [-0.39, 0.29) is 0 Å². The molecule has 0 saturated carbocycles. The minimum Gasteiger partial charge on any atom is -0.418 e. The Morgan fingerprint density at radius 3 is 2.22 bits per heavy atom. The lowest BCUT2D eigenvalue weighted by Gasteiger charge is -2.36. The molecule has 54 valence electrons. The fraction of sp³-hybridized carbons (Fsp3) is 1.00. The molecule has 1 unspecified atom stereocenters. The van der Waals surface area contributed by atoms with E-state index in [1.54, 1.807) is 7.11 Å². The van der Waals surface area contributed by atoms with Gasteiger partial charge in [0.25, 0.3) is 0 Å². The Labute approximate surface area is 57.3 Å². The Bertz CT molecular complexity index is 99.2. The summed E-state index contributed by atoms with van der Waals surface area (Å²) in [6, 6.07) is 0. The van der Waals surface area contributed by atoms with Crippen molar-refractivity contribution in [3.63, 3.8) is 0 Å². The highest BCUT2D eigenvalue weighted by Gasteiger charge is 2.37. The maximum Gasteiger partial charge on any atom is 0.214 e. The molecule has 1 atom stereocenters. The van der Waals surface area contributed by atoms with E-state index in [4.69, 9.17) is 9.16 Å².